The lowest BCUT2D eigenvalue weighted by Crippen LogP contribution is -2.36. The fraction of sp³-hybridized carbons (Fsp3) is 0.244. The maximum absolute atomic E-state index is 2.65. The lowest BCUT2D eigenvalue weighted by Gasteiger charge is -2.48. The average Bonchev–Trinajstić information content (AvgIpc) is 3.31. The number of anilines is 6. The Morgan fingerprint density at radius 1 is 0.531 bits per heavy atom. The number of allylic oxidation sites excluding steroid dienone is 6. The molecule has 0 atom stereocenters. The zero-order valence-corrected chi connectivity index (χ0v) is 31.1. The van der Waals surface area contributed by atoms with Crippen molar-refractivity contribution in [2.45, 2.75) is 72.1 Å². The fourth-order valence-corrected chi connectivity index (χ4v) is 11.2. The van der Waals surface area contributed by atoms with Gasteiger partial charge in [-0.1, -0.05) is 101 Å². The van der Waals surface area contributed by atoms with Crippen LogP contribution in [0.1, 0.15) is 86.1 Å². The van der Waals surface area contributed by atoms with Crippen LogP contribution in [0.3, 0.4) is 0 Å². The van der Waals surface area contributed by atoms with Gasteiger partial charge in [0.15, 0.2) is 0 Å². The molecule has 49 heavy (non-hydrogen) atoms. The smallest absolute Gasteiger partial charge is 0.0639 e. The molecule has 9 rings (SSSR count). The minimum atomic E-state index is -0.189. The molecule has 0 spiro atoms. The second-order valence-corrected chi connectivity index (χ2v) is 17.4. The van der Waals surface area contributed by atoms with Crippen LogP contribution in [-0.2, 0) is 23.7 Å². The van der Waals surface area contributed by atoms with Gasteiger partial charge in [-0.3, -0.25) is 0 Å². The van der Waals surface area contributed by atoms with Crippen LogP contribution in [0.5, 0.6) is 0 Å². The van der Waals surface area contributed by atoms with Crippen molar-refractivity contribution in [3.05, 3.63) is 150 Å². The van der Waals surface area contributed by atoms with Gasteiger partial charge in [-0.15, -0.1) is 22.7 Å². The van der Waals surface area contributed by atoms with Crippen LogP contribution < -0.4 is 9.80 Å². The highest BCUT2D eigenvalue weighted by atomic mass is 32.1. The lowest BCUT2D eigenvalue weighted by molar-refractivity contribution is 0.606. The number of hydrogen-bond donors (Lipinski definition) is 0. The minimum Gasteiger partial charge on any atom is -0.308 e. The molecule has 0 N–H and O–H groups in total. The molecule has 3 aromatic carbocycles. The fourth-order valence-electron chi connectivity index (χ4n) is 8.99. The molecule has 5 aromatic rings. The Balaban J connectivity index is 1.41. The largest absolute Gasteiger partial charge is 0.308 e. The van der Waals surface area contributed by atoms with Gasteiger partial charge >= 0.3 is 0 Å². The zero-order valence-electron chi connectivity index (χ0n) is 29.4. The summed E-state index contributed by atoms with van der Waals surface area (Å²) in [7, 11) is 0. The highest BCUT2D eigenvalue weighted by Gasteiger charge is 2.46. The average molecular weight is 675 g/mol. The Hall–Kier alpha value is -4.38. The summed E-state index contributed by atoms with van der Waals surface area (Å²) >= 11 is 3.85. The Morgan fingerprint density at radius 2 is 0.959 bits per heavy atom. The van der Waals surface area contributed by atoms with Crippen molar-refractivity contribution in [1.29, 1.82) is 0 Å². The van der Waals surface area contributed by atoms with Crippen LogP contribution in [0.15, 0.2) is 91.1 Å². The van der Waals surface area contributed by atoms with Gasteiger partial charge in [-0.05, 0) is 103 Å². The molecule has 2 nitrogen and oxygen atoms in total. The van der Waals surface area contributed by atoms with E-state index in [-0.39, 0.29) is 10.8 Å². The third kappa shape index (κ3) is 4.23. The molecule has 0 saturated heterocycles. The summed E-state index contributed by atoms with van der Waals surface area (Å²) in [5.41, 5.74) is 17.3. The van der Waals surface area contributed by atoms with Crippen LogP contribution in [0, 0.1) is 20.8 Å². The summed E-state index contributed by atoms with van der Waals surface area (Å²) in [5.74, 6) is 0. The maximum atomic E-state index is 2.65. The van der Waals surface area contributed by atoms with Gasteiger partial charge < -0.3 is 9.80 Å². The topological polar surface area (TPSA) is 6.48 Å². The Morgan fingerprint density at radius 3 is 1.41 bits per heavy atom. The highest BCUT2D eigenvalue weighted by Crippen LogP contribution is 2.62. The maximum Gasteiger partial charge on any atom is 0.0639 e. The molecular weight excluding hydrogens is 633 g/mol. The first-order chi connectivity index (χ1) is 23.6. The molecule has 4 heterocycles. The summed E-state index contributed by atoms with van der Waals surface area (Å²) in [4.78, 5) is 10.8. The normalized spacial score (nSPS) is 17.4. The summed E-state index contributed by atoms with van der Waals surface area (Å²) in [6, 6.07) is 20.9. The number of nitrogens with zero attached hydrogens (tertiary/aromatic N) is 2. The van der Waals surface area contributed by atoms with Gasteiger partial charge in [-0.2, -0.15) is 0 Å². The molecule has 2 aliphatic heterocycles. The quantitative estimate of drug-likeness (QED) is 0.184. The van der Waals surface area contributed by atoms with E-state index in [4.69, 9.17) is 0 Å². The van der Waals surface area contributed by atoms with E-state index in [1.807, 2.05) is 22.7 Å². The zero-order chi connectivity index (χ0) is 33.8. The first-order valence-corrected chi connectivity index (χ1v) is 19.1. The first-order valence-electron chi connectivity index (χ1n) is 17.5. The molecule has 0 radical (unpaired) electrons. The predicted octanol–water partition coefficient (Wildman–Crippen LogP) is 13.2. The number of fused-ring (bicyclic) bond motifs is 6. The van der Waals surface area contributed by atoms with Crippen molar-refractivity contribution < 1.29 is 0 Å². The van der Waals surface area contributed by atoms with Crippen molar-refractivity contribution in [2.24, 2.45) is 0 Å². The summed E-state index contributed by atoms with van der Waals surface area (Å²) < 4.78 is 0. The van der Waals surface area contributed by atoms with Gasteiger partial charge in [-0.25, -0.2) is 0 Å². The molecule has 244 valence electrons. The monoisotopic (exact) mass is 674 g/mol. The summed E-state index contributed by atoms with van der Waals surface area (Å²) in [6.45, 7) is 16.8. The van der Waals surface area contributed by atoms with Gasteiger partial charge in [0.25, 0.3) is 0 Å². The Labute approximate surface area is 299 Å². The second kappa shape index (κ2) is 10.8. The number of para-hydroxylation sites is 2. The Kier molecular flexibility index (Phi) is 6.76. The van der Waals surface area contributed by atoms with E-state index < -0.39 is 0 Å². The minimum absolute atomic E-state index is 0.189. The molecule has 0 amide bonds. The van der Waals surface area contributed by atoms with Gasteiger partial charge in [0.1, 0.15) is 0 Å². The van der Waals surface area contributed by atoms with Crippen LogP contribution in [0.2, 0.25) is 0 Å². The van der Waals surface area contributed by atoms with E-state index in [1.54, 1.807) is 0 Å². The lowest BCUT2D eigenvalue weighted by atomic mass is 9.67. The van der Waals surface area contributed by atoms with Crippen molar-refractivity contribution >= 4 is 68.9 Å². The van der Waals surface area contributed by atoms with E-state index in [1.165, 1.54) is 92.6 Å². The van der Waals surface area contributed by atoms with Crippen LogP contribution in [0.25, 0.3) is 12.2 Å². The Bertz CT molecular complexity index is 2170. The number of aryl methyl sites for hydroxylation is 2. The molecule has 4 aliphatic rings. The van der Waals surface area contributed by atoms with Gasteiger partial charge in [0, 0.05) is 30.3 Å². The van der Waals surface area contributed by atoms with E-state index in [9.17, 15) is 0 Å². The number of thiophene rings is 2. The van der Waals surface area contributed by atoms with Crippen molar-refractivity contribution in [3.63, 3.8) is 0 Å². The molecule has 0 unspecified atom stereocenters. The van der Waals surface area contributed by atoms with E-state index in [2.05, 4.69) is 161 Å². The van der Waals surface area contributed by atoms with Crippen LogP contribution in [0.4, 0.5) is 34.1 Å². The van der Waals surface area contributed by atoms with Gasteiger partial charge in [0.2, 0.25) is 0 Å². The molecule has 2 aliphatic carbocycles. The summed E-state index contributed by atoms with van der Waals surface area (Å²) in [6.07, 6.45) is 19.9. The third-order valence-electron chi connectivity index (χ3n) is 11.4. The van der Waals surface area contributed by atoms with Crippen molar-refractivity contribution in [1.82, 2.24) is 0 Å². The highest BCUT2D eigenvalue weighted by molar-refractivity contribution is 7.14. The van der Waals surface area contributed by atoms with E-state index in [0.717, 1.165) is 12.8 Å². The van der Waals surface area contributed by atoms with Gasteiger partial charge in [0.05, 0.1) is 34.1 Å². The van der Waals surface area contributed by atoms with Crippen LogP contribution in [-0.4, -0.2) is 0 Å². The second-order valence-electron chi connectivity index (χ2n) is 14.9. The molecule has 4 heteroatoms. The third-order valence-corrected chi connectivity index (χ3v) is 13.6. The number of rotatable bonds is 2. The van der Waals surface area contributed by atoms with Crippen LogP contribution >= 0.6 is 22.7 Å². The van der Waals surface area contributed by atoms with Crippen molar-refractivity contribution in [2.75, 3.05) is 9.80 Å². The molecular formula is C45H42N2S2. The predicted molar refractivity (Wildman–Crippen MR) is 214 cm³/mol. The number of hydrogen-bond acceptors (Lipinski definition) is 4. The molecule has 0 saturated carbocycles. The van der Waals surface area contributed by atoms with E-state index in [0.29, 0.717) is 0 Å². The summed E-state index contributed by atoms with van der Waals surface area (Å²) in [5, 5.41) is 0. The number of benzene rings is 3. The standard InChI is InChI=1S/C45H42N2S2/c1-27-40-34(44(4,5)32-20-14-16-22-36(32)46(40)42-28(2)48-38-24-12-8-10-18-30(38)42)26-35-41(27)47(37-23-17-15-21-33(37)45(35,6)7)43-29(3)49-39-25-13-9-11-19-31(39)43/h8-17,20-26H,18-19H2,1-7H3. The molecule has 2 aromatic heterocycles. The molecule has 0 fully saturated rings. The van der Waals surface area contributed by atoms with Crippen molar-refractivity contribution in [3.8, 4) is 0 Å². The SMILES string of the molecule is Cc1sc2c(c1N1c3ccccc3C(C)(C)c3cc4c(c(C)c31)N(c1c(C)sc3c1CC=CC=C3)c1ccccc1C4(C)C)CC=CC=C2. The first kappa shape index (κ1) is 30.7. The van der Waals surface area contributed by atoms with E-state index >= 15 is 0 Å². The molecule has 0 bridgehead atoms.